The standard InChI is InChI=1S/C18H10O11.K.H/c19-13(20)7-1-3-9(11(5-7)15(23)24)17(27)29-18(28)10-4-2-8(14(21)22)6-12(10)16(25)26;;/h1-6H,(H,19,20)(H,21,22)(H,23,24)(H,25,26);;. The van der Waals surface area contributed by atoms with Crippen LogP contribution in [0.25, 0.3) is 0 Å². The molecule has 2 aromatic rings. The van der Waals surface area contributed by atoms with Gasteiger partial charge in [0.2, 0.25) is 0 Å². The molecule has 0 spiro atoms. The summed E-state index contributed by atoms with van der Waals surface area (Å²) in [6.07, 6.45) is 0. The van der Waals surface area contributed by atoms with Crippen LogP contribution in [0.5, 0.6) is 0 Å². The number of carbonyl (C=O) groups excluding carboxylic acids is 2. The van der Waals surface area contributed by atoms with Crippen LogP contribution in [0.2, 0.25) is 0 Å². The van der Waals surface area contributed by atoms with Gasteiger partial charge in [-0.2, -0.15) is 0 Å². The maximum absolute atomic E-state index is 12.2. The molecule has 12 heteroatoms. The van der Waals surface area contributed by atoms with Crippen molar-refractivity contribution in [1.29, 1.82) is 0 Å². The summed E-state index contributed by atoms with van der Waals surface area (Å²) in [5.41, 5.74) is -3.64. The minimum atomic E-state index is -1.66. The van der Waals surface area contributed by atoms with Crippen LogP contribution < -0.4 is 0 Å². The molecule has 0 unspecified atom stereocenters. The molecule has 0 saturated carbocycles. The second kappa shape index (κ2) is 10.2. The second-order valence-corrected chi connectivity index (χ2v) is 5.42. The Balaban J connectivity index is 0.00000450. The number of benzene rings is 2. The number of aromatic carboxylic acids is 4. The van der Waals surface area contributed by atoms with Gasteiger partial charge in [0, 0.05) is 0 Å². The number of carboxylic acids is 4. The molecule has 150 valence electrons. The quantitative estimate of drug-likeness (QED) is 0.281. The van der Waals surface area contributed by atoms with Crippen molar-refractivity contribution in [2.24, 2.45) is 0 Å². The molecule has 0 atom stereocenters. The predicted octanol–water partition coefficient (Wildman–Crippen LogP) is 0.828. The van der Waals surface area contributed by atoms with Crippen molar-refractivity contribution in [3.05, 3.63) is 69.8 Å². The molecule has 11 nitrogen and oxygen atoms in total. The third-order valence-corrected chi connectivity index (χ3v) is 3.62. The number of hydrogen-bond acceptors (Lipinski definition) is 7. The van der Waals surface area contributed by atoms with Gasteiger partial charge in [0.05, 0.1) is 33.4 Å². The van der Waals surface area contributed by atoms with E-state index in [0.717, 1.165) is 24.3 Å². The van der Waals surface area contributed by atoms with Gasteiger partial charge in [0.15, 0.2) is 0 Å². The zero-order chi connectivity index (χ0) is 21.9. The summed E-state index contributed by atoms with van der Waals surface area (Å²) in [6, 6.07) is 4.87. The van der Waals surface area contributed by atoms with E-state index in [2.05, 4.69) is 4.74 Å². The second-order valence-electron chi connectivity index (χ2n) is 5.42. The molecule has 0 aliphatic heterocycles. The van der Waals surface area contributed by atoms with E-state index in [1.54, 1.807) is 0 Å². The Morgan fingerprint density at radius 1 is 0.533 bits per heavy atom. The van der Waals surface area contributed by atoms with E-state index in [1.807, 2.05) is 0 Å². The Morgan fingerprint density at radius 2 is 0.867 bits per heavy atom. The minimum absolute atomic E-state index is 0. The van der Waals surface area contributed by atoms with Gasteiger partial charge in [-0.05, 0) is 36.4 Å². The van der Waals surface area contributed by atoms with Gasteiger partial charge < -0.3 is 25.2 Å². The number of carboxylic acid groups (broad SMARTS) is 4. The molecular weight excluding hydrogens is 431 g/mol. The summed E-state index contributed by atoms with van der Waals surface area (Å²) in [6.45, 7) is 0. The molecule has 0 heterocycles. The fraction of sp³-hybridized carbons (Fsp3) is 0. The summed E-state index contributed by atoms with van der Waals surface area (Å²) in [5, 5.41) is 36.1. The first-order valence-corrected chi connectivity index (χ1v) is 7.50. The SMILES string of the molecule is O=C(O)c1ccc(C(=O)OC(=O)c2ccc(C(=O)O)cc2C(=O)O)c(C(=O)O)c1.[KH]. The maximum atomic E-state index is 12.2. The van der Waals surface area contributed by atoms with Crippen molar-refractivity contribution in [3.63, 3.8) is 0 Å². The Bertz CT molecular complexity index is 1000. The topological polar surface area (TPSA) is 193 Å². The van der Waals surface area contributed by atoms with Crippen LogP contribution in [0.1, 0.15) is 62.1 Å². The van der Waals surface area contributed by atoms with Crippen LogP contribution in [-0.4, -0.2) is 108 Å². The van der Waals surface area contributed by atoms with E-state index in [9.17, 15) is 28.8 Å². The first-order valence-electron chi connectivity index (χ1n) is 7.50. The van der Waals surface area contributed by atoms with E-state index in [4.69, 9.17) is 20.4 Å². The van der Waals surface area contributed by atoms with Crippen molar-refractivity contribution in [3.8, 4) is 0 Å². The van der Waals surface area contributed by atoms with Crippen LogP contribution >= 0.6 is 0 Å². The Morgan fingerprint density at radius 3 is 1.13 bits per heavy atom. The number of hydrogen-bond donors (Lipinski definition) is 4. The van der Waals surface area contributed by atoms with E-state index in [0.29, 0.717) is 12.1 Å². The Hall–Kier alpha value is -2.90. The summed E-state index contributed by atoms with van der Waals surface area (Å²) < 4.78 is 4.51. The third-order valence-electron chi connectivity index (χ3n) is 3.62. The van der Waals surface area contributed by atoms with E-state index < -0.39 is 69.2 Å². The number of carbonyl (C=O) groups is 6. The molecule has 0 fully saturated rings. The molecule has 0 amide bonds. The third kappa shape index (κ3) is 5.58. The van der Waals surface area contributed by atoms with Crippen LogP contribution in [0.3, 0.4) is 0 Å². The van der Waals surface area contributed by atoms with Gasteiger partial charge in [-0.25, -0.2) is 28.8 Å². The molecule has 0 radical (unpaired) electrons. The van der Waals surface area contributed by atoms with Crippen LogP contribution in [0.15, 0.2) is 36.4 Å². The monoisotopic (exact) mass is 442 g/mol. The molecule has 4 N–H and O–H groups in total. The van der Waals surface area contributed by atoms with Gasteiger partial charge in [-0.3, -0.25) is 0 Å². The molecule has 0 saturated heterocycles. The van der Waals surface area contributed by atoms with Gasteiger partial charge in [0.25, 0.3) is 0 Å². The van der Waals surface area contributed by atoms with Crippen LogP contribution in [-0.2, 0) is 4.74 Å². The van der Waals surface area contributed by atoms with Crippen molar-refractivity contribution in [1.82, 2.24) is 0 Å². The first kappa shape index (κ1) is 25.1. The molecule has 2 rings (SSSR count). The van der Waals surface area contributed by atoms with Crippen molar-refractivity contribution < 1.29 is 53.9 Å². The van der Waals surface area contributed by atoms with E-state index >= 15 is 0 Å². The predicted molar refractivity (Wildman–Crippen MR) is 97.6 cm³/mol. The molecule has 0 bridgehead atoms. The van der Waals surface area contributed by atoms with Crippen molar-refractivity contribution in [2.45, 2.75) is 0 Å². The van der Waals surface area contributed by atoms with Gasteiger partial charge in [0.1, 0.15) is 0 Å². The normalized spacial score (nSPS) is 9.73. The first-order chi connectivity index (χ1) is 13.5. The molecule has 0 aliphatic rings. The van der Waals surface area contributed by atoms with Gasteiger partial charge >= 0.3 is 87.2 Å². The van der Waals surface area contributed by atoms with Crippen LogP contribution in [0, 0.1) is 0 Å². The number of ether oxygens (including phenoxy) is 1. The summed E-state index contributed by atoms with van der Waals surface area (Å²) in [5.74, 6) is -9.17. The fourth-order valence-corrected chi connectivity index (χ4v) is 2.26. The van der Waals surface area contributed by atoms with Crippen LogP contribution in [0.4, 0.5) is 0 Å². The van der Waals surface area contributed by atoms with E-state index in [1.165, 1.54) is 0 Å². The average Bonchev–Trinajstić information content (AvgIpc) is 2.66. The molecule has 2 aromatic carbocycles. The average molecular weight is 442 g/mol. The fourth-order valence-electron chi connectivity index (χ4n) is 2.26. The molecule has 0 aromatic heterocycles. The number of rotatable bonds is 6. The molecular formula is C18H11KO11. The van der Waals surface area contributed by atoms with Gasteiger partial charge in [-0.15, -0.1) is 0 Å². The van der Waals surface area contributed by atoms with Gasteiger partial charge in [-0.1, -0.05) is 0 Å². The molecule has 0 aliphatic carbocycles. The summed E-state index contributed by atoms with van der Waals surface area (Å²) >= 11 is 0. The summed E-state index contributed by atoms with van der Waals surface area (Å²) in [4.78, 5) is 68.8. The Labute approximate surface area is 209 Å². The van der Waals surface area contributed by atoms with Crippen molar-refractivity contribution >= 4 is 87.2 Å². The number of esters is 2. The zero-order valence-electron chi connectivity index (χ0n) is 14.1. The zero-order valence-corrected chi connectivity index (χ0v) is 14.1. The molecule has 30 heavy (non-hydrogen) atoms. The van der Waals surface area contributed by atoms with E-state index in [-0.39, 0.29) is 51.4 Å². The van der Waals surface area contributed by atoms with Crippen molar-refractivity contribution in [2.75, 3.05) is 0 Å². The summed E-state index contributed by atoms with van der Waals surface area (Å²) in [7, 11) is 0. The Kier molecular flexibility index (Phi) is 8.56.